The van der Waals surface area contributed by atoms with E-state index in [1.54, 1.807) is 49.2 Å². The highest BCUT2D eigenvalue weighted by molar-refractivity contribution is 7.90. The molecular formula is C16H15N3O3S. The number of nitrogens with zero attached hydrogens (tertiary/aromatic N) is 2. The summed E-state index contributed by atoms with van der Waals surface area (Å²) in [7, 11) is -3.20. The number of hydrogen-bond acceptors (Lipinski definition) is 6. The highest BCUT2D eigenvalue weighted by Gasteiger charge is 2.08. The number of hydrogen-bond donors (Lipinski definition) is 1. The van der Waals surface area contributed by atoms with E-state index in [1.165, 1.54) is 6.26 Å². The maximum atomic E-state index is 11.5. The second-order valence-corrected chi connectivity index (χ2v) is 7.09. The van der Waals surface area contributed by atoms with Gasteiger partial charge in [0.05, 0.1) is 35.5 Å². The fourth-order valence-corrected chi connectivity index (χ4v) is 2.68. The zero-order valence-corrected chi connectivity index (χ0v) is 13.2. The van der Waals surface area contributed by atoms with Crippen molar-refractivity contribution in [2.75, 3.05) is 11.6 Å². The number of nitrogens with one attached hydrogen (secondary N) is 1. The van der Waals surface area contributed by atoms with Crippen molar-refractivity contribution < 1.29 is 12.8 Å². The van der Waals surface area contributed by atoms with Crippen molar-refractivity contribution in [2.24, 2.45) is 0 Å². The first-order chi connectivity index (χ1) is 11.0. The van der Waals surface area contributed by atoms with Crippen molar-refractivity contribution >= 4 is 15.7 Å². The maximum absolute atomic E-state index is 11.5. The summed E-state index contributed by atoms with van der Waals surface area (Å²) in [5.41, 5.74) is 2.48. The SMILES string of the molecule is CS(=O)(=O)c1ccc(-c2cncc(NCc3ccoc3)n2)cc1. The van der Waals surface area contributed by atoms with Crippen molar-refractivity contribution in [3.05, 3.63) is 60.8 Å². The standard InChI is InChI=1S/C16H15N3O3S/c1-23(20,21)14-4-2-13(3-5-14)15-9-17-10-16(19-15)18-8-12-6-7-22-11-12/h2-7,9-11H,8H2,1H3,(H,18,19). The van der Waals surface area contributed by atoms with Crippen LogP contribution in [0.3, 0.4) is 0 Å². The van der Waals surface area contributed by atoms with Crippen LogP contribution >= 0.6 is 0 Å². The van der Waals surface area contributed by atoms with E-state index in [0.717, 1.165) is 11.1 Å². The fourth-order valence-electron chi connectivity index (χ4n) is 2.05. The third-order valence-electron chi connectivity index (χ3n) is 3.27. The first-order valence-electron chi connectivity index (χ1n) is 6.90. The van der Waals surface area contributed by atoms with Gasteiger partial charge in [-0.1, -0.05) is 12.1 Å². The molecule has 3 aromatic rings. The molecule has 23 heavy (non-hydrogen) atoms. The van der Waals surface area contributed by atoms with Gasteiger partial charge in [-0.3, -0.25) is 4.98 Å². The second kappa shape index (κ2) is 6.21. The van der Waals surface area contributed by atoms with E-state index < -0.39 is 9.84 Å². The summed E-state index contributed by atoms with van der Waals surface area (Å²) in [5, 5.41) is 3.16. The molecule has 118 valence electrons. The molecule has 0 saturated carbocycles. The molecule has 0 aliphatic heterocycles. The van der Waals surface area contributed by atoms with Gasteiger partial charge in [0.2, 0.25) is 0 Å². The van der Waals surface area contributed by atoms with Gasteiger partial charge >= 0.3 is 0 Å². The lowest BCUT2D eigenvalue weighted by Crippen LogP contribution is -2.02. The zero-order valence-electron chi connectivity index (χ0n) is 12.4. The second-order valence-electron chi connectivity index (χ2n) is 5.07. The molecule has 0 fully saturated rings. The minimum absolute atomic E-state index is 0.281. The molecule has 0 aliphatic rings. The van der Waals surface area contributed by atoms with Gasteiger partial charge in [0.15, 0.2) is 9.84 Å². The van der Waals surface area contributed by atoms with E-state index in [0.29, 0.717) is 18.1 Å². The molecule has 1 aromatic carbocycles. The van der Waals surface area contributed by atoms with Crippen LogP contribution in [0.5, 0.6) is 0 Å². The zero-order chi connectivity index (χ0) is 16.3. The Balaban J connectivity index is 1.79. The minimum atomic E-state index is -3.20. The molecule has 1 N–H and O–H groups in total. The van der Waals surface area contributed by atoms with Crippen molar-refractivity contribution in [2.45, 2.75) is 11.4 Å². The van der Waals surface area contributed by atoms with Crippen molar-refractivity contribution in [3.63, 3.8) is 0 Å². The van der Waals surface area contributed by atoms with E-state index in [-0.39, 0.29) is 4.90 Å². The first kappa shape index (κ1) is 15.2. The van der Waals surface area contributed by atoms with E-state index in [1.807, 2.05) is 6.07 Å². The van der Waals surface area contributed by atoms with Crippen molar-refractivity contribution in [1.29, 1.82) is 0 Å². The van der Waals surface area contributed by atoms with Crippen LogP contribution in [0.4, 0.5) is 5.82 Å². The Morgan fingerprint density at radius 1 is 1.13 bits per heavy atom. The average molecular weight is 329 g/mol. The van der Waals surface area contributed by atoms with Crippen LogP contribution in [0.15, 0.2) is 64.6 Å². The van der Waals surface area contributed by atoms with Gasteiger partial charge < -0.3 is 9.73 Å². The van der Waals surface area contributed by atoms with E-state index >= 15 is 0 Å². The number of anilines is 1. The molecular weight excluding hydrogens is 314 g/mol. The number of sulfone groups is 1. The van der Waals surface area contributed by atoms with E-state index in [9.17, 15) is 8.42 Å². The Morgan fingerprint density at radius 3 is 2.57 bits per heavy atom. The van der Waals surface area contributed by atoms with Gasteiger partial charge in [0, 0.05) is 23.9 Å². The summed E-state index contributed by atoms with van der Waals surface area (Å²) < 4.78 is 28.0. The summed E-state index contributed by atoms with van der Waals surface area (Å²) >= 11 is 0. The van der Waals surface area contributed by atoms with Gasteiger partial charge in [-0.2, -0.15) is 0 Å². The smallest absolute Gasteiger partial charge is 0.175 e. The number of rotatable bonds is 5. The molecule has 6 nitrogen and oxygen atoms in total. The molecule has 0 unspecified atom stereocenters. The molecule has 0 bridgehead atoms. The topological polar surface area (TPSA) is 85.1 Å². The van der Waals surface area contributed by atoms with Gasteiger partial charge in [-0.25, -0.2) is 13.4 Å². The Hall–Kier alpha value is -2.67. The monoisotopic (exact) mass is 329 g/mol. The highest BCUT2D eigenvalue weighted by atomic mass is 32.2. The third-order valence-corrected chi connectivity index (χ3v) is 4.39. The quantitative estimate of drug-likeness (QED) is 0.775. The number of furan rings is 1. The molecule has 0 amide bonds. The molecule has 7 heteroatoms. The van der Waals surface area contributed by atoms with E-state index in [2.05, 4.69) is 15.3 Å². The fraction of sp³-hybridized carbons (Fsp3) is 0.125. The number of aromatic nitrogens is 2. The Morgan fingerprint density at radius 2 is 1.91 bits per heavy atom. The molecule has 2 heterocycles. The third kappa shape index (κ3) is 3.75. The summed E-state index contributed by atoms with van der Waals surface area (Å²) in [6, 6.07) is 8.45. The summed E-state index contributed by atoms with van der Waals surface area (Å²) in [4.78, 5) is 8.93. The van der Waals surface area contributed by atoms with Crippen LogP contribution in [0.1, 0.15) is 5.56 Å². The van der Waals surface area contributed by atoms with Crippen molar-refractivity contribution in [3.8, 4) is 11.3 Å². The minimum Gasteiger partial charge on any atom is -0.472 e. The predicted octanol–water partition coefficient (Wildman–Crippen LogP) is 2.75. The van der Waals surface area contributed by atoms with Crippen LogP contribution in [0.25, 0.3) is 11.3 Å². The molecule has 2 aromatic heterocycles. The van der Waals surface area contributed by atoms with Crippen molar-refractivity contribution in [1.82, 2.24) is 9.97 Å². The van der Waals surface area contributed by atoms with Crippen LogP contribution < -0.4 is 5.32 Å². The van der Waals surface area contributed by atoms with Crippen LogP contribution in [-0.2, 0) is 16.4 Å². The van der Waals surface area contributed by atoms with Gasteiger partial charge in [0.1, 0.15) is 5.82 Å². The summed E-state index contributed by atoms with van der Waals surface area (Å²) in [6.07, 6.45) is 7.73. The van der Waals surface area contributed by atoms with Crippen LogP contribution in [-0.4, -0.2) is 24.6 Å². The highest BCUT2D eigenvalue weighted by Crippen LogP contribution is 2.20. The van der Waals surface area contributed by atoms with Gasteiger partial charge in [-0.05, 0) is 18.2 Å². The summed E-state index contributed by atoms with van der Waals surface area (Å²) in [6.45, 7) is 0.585. The summed E-state index contributed by atoms with van der Waals surface area (Å²) in [5.74, 6) is 0.635. The molecule has 0 spiro atoms. The van der Waals surface area contributed by atoms with E-state index in [4.69, 9.17) is 4.42 Å². The first-order valence-corrected chi connectivity index (χ1v) is 8.79. The van der Waals surface area contributed by atoms with Crippen LogP contribution in [0.2, 0.25) is 0 Å². The Labute approximate surface area is 134 Å². The Kier molecular flexibility index (Phi) is 4.12. The average Bonchev–Trinajstić information content (AvgIpc) is 3.06. The largest absolute Gasteiger partial charge is 0.472 e. The predicted molar refractivity (Wildman–Crippen MR) is 86.6 cm³/mol. The number of benzene rings is 1. The molecule has 0 atom stereocenters. The lowest BCUT2D eigenvalue weighted by molar-refractivity contribution is 0.564. The Bertz CT molecular complexity index is 889. The maximum Gasteiger partial charge on any atom is 0.175 e. The van der Waals surface area contributed by atoms with Gasteiger partial charge in [0.25, 0.3) is 0 Å². The van der Waals surface area contributed by atoms with Gasteiger partial charge in [-0.15, -0.1) is 0 Å². The lowest BCUT2D eigenvalue weighted by atomic mass is 10.2. The molecule has 3 rings (SSSR count). The lowest BCUT2D eigenvalue weighted by Gasteiger charge is -2.06. The molecule has 0 radical (unpaired) electrons. The molecule has 0 aliphatic carbocycles. The normalized spacial score (nSPS) is 11.3. The van der Waals surface area contributed by atoms with Crippen LogP contribution in [0, 0.1) is 0 Å². The molecule has 0 saturated heterocycles.